The highest BCUT2D eigenvalue weighted by atomic mass is 32.1. The summed E-state index contributed by atoms with van der Waals surface area (Å²) in [5.74, 6) is -0.0240. The molecule has 232 valence electrons. The number of rotatable bonds is 18. The second kappa shape index (κ2) is 17.1. The van der Waals surface area contributed by atoms with Gasteiger partial charge >= 0.3 is 5.97 Å². The molecule has 0 unspecified atom stereocenters. The number of amides is 1. The van der Waals surface area contributed by atoms with E-state index in [4.69, 9.17) is 18.9 Å². The van der Waals surface area contributed by atoms with Crippen LogP contribution in [0, 0.1) is 0 Å². The molecule has 0 aliphatic heterocycles. The Morgan fingerprint density at radius 3 is 2.44 bits per heavy atom. The lowest BCUT2D eigenvalue weighted by Crippen LogP contribution is -2.37. The zero-order valence-corrected chi connectivity index (χ0v) is 27.8. The largest absolute Gasteiger partial charge is 0.497 e. The number of hydrogen-bond acceptors (Lipinski definition) is 8. The molecule has 0 N–H and O–H groups in total. The van der Waals surface area contributed by atoms with Gasteiger partial charge in [-0.05, 0) is 55.1 Å². The fourth-order valence-corrected chi connectivity index (χ4v) is 5.96. The lowest BCUT2D eigenvalue weighted by Gasteiger charge is -2.27. The highest BCUT2D eigenvalue weighted by molar-refractivity contribution is 7.12. The van der Waals surface area contributed by atoms with Gasteiger partial charge in [-0.2, -0.15) is 0 Å². The summed E-state index contributed by atoms with van der Waals surface area (Å²) in [7, 11) is 0.333. The van der Waals surface area contributed by atoms with E-state index in [1.807, 2.05) is 42.5 Å². The topological polar surface area (TPSA) is 87.2 Å². The predicted octanol–water partition coefficient (Wildman–Crippen LogP) is 7.00. The van der Waals surface area contributed by atoms with Crippen LogP contribution in [0.1, 0.15) is 50.9 Å². The molecule has 1 amide bonds. The molecule has 3 rings (SSSR count). The van der Waals surface area contributed by atoms with Crippen molar-refractivity contribution in [2.45, 2.75) is 58.1 Å². The molecule has 0 saturated carbocycles. The Bertz CT molecular complexity index is 1310. The highest BCUT2D eigenvalue weighted by Crippen LogP contribution is 2.27. The molecule has 43 heavy (non-hydrogen) atoms. The number of carbonyl (C=O) groups is 2. The monoisotopic (exact) mass is 624 g/mol. The van der Waals surface area contributed by atoms with E-state index in [1.54, 1.807) is 25.0 Å². The van der Waals surface area contributed by atoms with Crippen molar-refractivity contribution in [3.63, 3.8) is 0 Å². The number of ether oxygens (including phenoxy) is 4. The van der Waals surface area contributed by atoms with Gasteiger partial charge in [0.05, 0.1) is 25.1 Å². The maximum atomic E-state index is 14.3. The van der Waals surface area contributed by atoms with Gasteiger partial charge in [-0.1, -0.05) is 68.7 Å². The smallest absolute Gasteiger partial charge is 0.358 e. The SMILES string of the molecule is C=Cc1sc(CN(CCCc2ccccc2)C(=O)[C@H](OCOCC[Si](C)(C)C)c2ccc(OC)cc2)nc1C(=O)OCC. The second-order valence-electron chi connectivity index (χ2n) is 11.3. The van der Waals surface area contributed by atoms with Gasteiger partial charge in [0, 0.05) is 21.2 Å². The van der Waals surface area contributed by atoms with Crippen LogP contribution in [0.3, 0.4) is 0 Å². The summed E-state index contributed by atoms with van der Waals surface area (Å²) in [6.07, 6.45) is 2.25. The molecule has 0 bridgehead atoms. The Balaban J connectivity index is 1.86. The minimum absolute atomic E-state index is 0.00432. The third-order valence-corrected chi connectivity index (χ3v) is 9.42. The molecule has 10 heteroatoms. The molecule has 0 aliphatic rings. The molecule has 0 aliphatic carbocycles. The summed E-state index contributed by atoms with van der Waals surface area (Å²) < 4.78 is 22.5. The van der Waals surface area contributed by atoms with Crippen LogP contribution in [-0.4, -0.2) is 63.5 Å². The van der Waals surface area contributed by atoms with Gasteiger partial charge in [0.15, 0.2) is 11.8 Å². The first kappa shape index (κ1) is 34.2. The van der Waals surface area contributed by atoms with Crippen LogP contribution in [0.5, 0.6) is 5.75 Å². The zero-order valence-electron chi connectivity index (χ0n) is 26.0. The van der Waals surface area contributed by atoms with Gasteiger partial charge in [-0.3, -0.25) is 4.79 Å². The third-order valence-electron chi connectivity index (χ3n) is 6.68. The molecule has 1 atom stereocenters. The number of thiazole rings is 1. The van der Waals surface area contributed by atoms with Gasteiger partial charge in [0.2, 0.25) is 0 Å². The summed E-state index contributed by atoms with van der Waals surface area (Å²) in [5.41, 5.74) is 2.11. The summed E-state index contributed by atoms with van der Waals surface area (Å²) in [4.78, 5) is 33.7. The van der Waals surface area contributed by atoms with E-state index < -0.39 is 20.1 Å². The number of esters is 1. The first-order chi connectivity index (χ1) is 20.6. The first-order valence-corrected chi connectivity index (χ1v) is 19.1. The first-order valence-electron chi connectivity index (χ1n) is 14.6. The van der Waals surface area contributed by atoms with E-state index in [0.29, 0.717) is 34.3 Å². The van der Waals surface area contributed by atoms with E-state index in [2.05, 4.69) is 43.3 Å². The number of nitrogens with zero attached hydrogens (tertiary/aromatic N) is 2. The Morgan fingerprint density at radius 1 is 1.09 bits per heavy atom. The van der Waals surface area contributed by atoms with Crippen molar-refractivity contribution in [2.24, 2.45) is 0 Å². The van der Waals surface area contributed by atoms with E-state index >= 15 is 0 Å². The second-order valence-corrected chi connectivity index (χ2v) is 18.0. The van der Waals surface area contributed by atoms with Crippen LogP contribution in [-0.2, 0) is 32.0 Å². The van der Waals surface area contributed by atoms with E-state index in [0.717, 1.165) is 18.9 Å². The quantitative estimate of drug-likeness (QED) is 0.0652. The Labute approximate surface area is 260 Å². The maximum absolute atomic E-state index is 14.3. The molecule has 0 spiro atoms. The zero-order chi connectivity index (χ0) is 31.2. The molecule has 1 aromatic heterocycles. The number of benzene rings is 2. The number of aromatic nitrogens is 1. The van der Waals surface area contributed by atoms with Crippen molar-refractivity contribution >= 4 is 37.4 Å². The Hall–Kier alpha value is -3.31. The van der Waals surface area contributed by atoms with Crippen LogP contribution in [0.4, 0.5) is 0 Å². The lowest BCUT2D eigenvalue weighted by atomic mass is 10.1. The van der Waals surface area contributed by atoms with Crippen LogP contribution in [0.2, 0.25) is 25.7 Å². The predicted molar refractivity (Wildman–Crippen MR) is 174 cm³/mol. The normalized spacial score (nSPS) is 12.0. The minimum Gasteiger partial charge on any atom is -0.497 e. The fourth-order valence-electron chi connectivity index (χ4n) is 4.29. The van der Waals surface area contributed by atoms with E-state index in [9.17, 15) is 9.59 Å². The highest BCUT2D eigenvalue weighted by Gasteiger charge is 2.29. The molecule has 0 radical (unpaired) electrons. The average molecular weight is 625 g/mol. The van der Waals surface area contributed by atoms with Crippen LogP contribution >= 0.6 is 11.3 Å². The Morgan fingerprint density at radius 2 is 1.81 bits per heavy atom. The summed E-state index contributed by atoms with van der Waals surface area (Å²) >= 11 is 1.33. The van der Waals surface area contributed by atoms with Crippen molar-refractivity contribution in [3.8, 4) is 5.75 Å². The molecule has 2 aromatic carbocycles. The molecular formula is C33H44N2O6SSi. The molecule has 0 saturated heterocycles. The van der Waals surface area contributed by atoms with Crippen molar-refractivity contribution < 1.29 is 28.5 Å². The summed E-state index contributed by atoms with van der Waals surface area (Å²) in [6, 6.07) is 18.5. The van der Waals surface area contributed by atoms with Gasteiger partial charge in [-0.25, -0.2) is 9.78 Å². The molecule has 8 nitrogen and oxygen atoms in total. The lowest BCUT2D eigenvalue weighted by molar-refractivity contribution is -0.155. The number of hydrogen-bond donors (Lipinski definition) is 0. The average Bonchev–Trinajstić information content (AvgIpc) is 3.41. The van der Waals surface area contributed by atoms with Crippen LogP contribution < -0.4 is 4.74 Å². The van der Waals surface area contributed by atoms with Crippen molar-refractivity contribution in [1.29, 1.82) is 0 Å². The molecule has 1 heterocycles. The van der Waals surface area contributed by atoms with Gasteiger partial charge < -0.3 is 23.8 Å². The molecule has 0 fully saturated rings. The third kappa shape index (κ3) is 11.0. The van der Waals surface area contributed by atoms with Crippen LogP contribution in [0.25, 0.3) is 6.08 Å². The molecule has 3 aromatic rings. The number of methoxy groups -OCH3 is 1. The Kier molecular flexibility index (Phi) is 13.6. The summed E-state index contributed by atoms with van der Waals surface area (Å²) in [5, 5.41) is 0.617. The number of carbonyl (C=O) groups excluding carboxylic acids is 2. The molecular weight excluding hydrogens is 581 g/mol. The van der Waals surface area contributed by atoms with Crippen molar-refractivity contribution in [2.75, 3.05) is 33.7 Å². The van der Waals surface area contributed by atoms with E-state index in [-0.39, 0.29) is 31.5 Å². The van der Waals surface area contributed by atoms with Crippen LogP contribution in [0.15, 0.2) is 61.2 Å². The van der Waals surface area contributed by atoms with Gasteiger partial charge in [-0.15, -0.1) is 11.3 Å². The van der Waals surface area contributed by atoms with Crippen molar-refractivity contribution in [3.05, 3.63) is 87.9 Å². The standard InChI is InChI=1S/C33H44N2O6SSi/c1-7-28-30(33(37)40-8-2)34-29(42-28)23-35(20-12-15-25-13-10-9-11-14-25)32(36)31(26-16-18-27(38-3)19-17-26)41-24-39-21-22-43(4,5)6/h7,9-11,13-14,16-19,31H,1,8,12,15,20-24H2,2-6H3/t31-/m1/s1. The van der Waals surface area contributed by atoms with E-state index in [1.165, 1.54) is 16.9 Å². The summed E-state index contributed by atoms with van der Waals surface area (Å²) in [6.45, 7) is 14.0. The van der Waals surface area contributed by atoms with Crippen molar-refractivity contribution in [1.82, 2.24) is 9.88 Å². The van der Waals surface area contributed by atoms with Gasteiger partial charge in [0.1, 0.15) is 17.6 Å². The number of aryl methyl sites for hydroxylation is 1. The maximum Gasteiger partial charge on any atom is 0.358 e. The van der Waals surface area contributed by atoms with Gasteiger partial charge in [0.25, 0.3) is 5.91 Å². The fraction of sp³-hybridized carbons (Fsp3) is 0.424. The minimum atomic E-state index is -1.27.